The van der Waals surface area contributed by atoms with Gasteiger partial charge in [-0.25, -0.2) is 9.78 Å². The van der Waals surface area contributed by atoms with Crippen molar-refractivity contribution in [1.29, 1.82) is 0 Å². The van der Waals surface area contributed by atoms with Crippen molar-refractivity contribution in [3.8, 4) is 0 Å². The molecule has 0 radical (unpaired) electrons. The number of aromatic nitrogens is 1. The summed E-state index contributed by atoms with van der Waals surface area (Å²) in [5, 5.41) is 9.44. The van der Waals surface area contributed by atoms with Gasteiger partial charge in [-0.3, -0.25) is 14.9 Å². The Kier molecular flexibility index (Phi) is 5.94. The number of nitrogens with one attached hydrogen (secondary N) is 2. The van der Waals surface area contributed by atoms with Gasteiger partial charge >= 0.3 is 5.97 Å². The monoisotopic (exact) mass is 401 g/mol. The second kappa shape index (κ2) is 8.56. The molecule has 0 unspecified atom stereocenters. The summed E-state index contributed by atoms with van der Waals surface area (Å²) in [6, 6.07) is 9.92. The number of hydrogen-bond donors (Lipinski definition) is 2. The number of amides is 2. The summed E-state index contributed by atoms with van der Waals surface area (Å²) in [5.74, 6) is -0.907. The number of carbonyl (C=O) groups excluding carboxylic acids is 3. The smallest absolute Gasteiger partial charge is 0.337 e. The quantitative estimate of drug-likeness (QED) is 0.617. The van der Waals surface area contributed by atoms with Crippen LogP contribution in [0.15, 0.2) is 47.2 Å². The fraction of sp³-hybridized carbons (Fsp3) is 0.111. The van der Waals surface area contributed by atoms with Crippen molar-refractivity contribution in [2.75, 3.05) is 17.7 Å². The minimum Gasteiger partial charge on any atom is -0.465 e. The maximum Gasteiger partial charge on any atom is 0.337 e. The number of thiazole rings is 1. The van der Waals surface area contributed by atoms with Gasteiger partial charge < -0.3 is 10.1 Å². The Balaban J connectivity index is 1.54. The minimum atomic E-state index is -0.438. The average molecular weight is 401 g/mol. The van der Waals surface area contributed by atoms with Gasteiger partial charge in [0.2, 0.25) is 5.91 Å². The van der Waals surface area contributed by atoms with Crippen LogP contribution in [-0.4, -0.2) is 29.9 Å². The molecule has 0 atom stereocenters. The van der Waals surface area contributed by atoms with Crippen LogP contribution in [0.2, 0.25) is 0 Å². The van der Waals surface area contributed by atoms with E-state index in [1.165, 1.54) is 29.8 Å². The van der Waals surface area contributed by atoms with Gasteiger partial charge in [0.05, 0.1) is 29.7 Å². The Hall–Kier alpha value is -3.04. The molecule has 0 spiro atoms. The highest BCUT2D eigenvalue weighted by Crippen LogP contribution is 2.19. The van der Waals surface area contributed by atoms with Crippen LogP contribution in [0, 0.1) is 0 Å². The number of hydrogen-bond acceptors (Lipinski definition) is 7. The van der Waals surface area contributed by atoms with Gasteiger partial charge in [-0.15, -0.1) is 22.7 Å². The van der Waals surface area contributed by atoms with Crippen molar-refractivity contribution in [2.45, 2.75) is 6.42 Å². The summed E-state index contributed by atoms with van der Waals surface area (Å²) in [7, 11) is 1.31. The van der Waals surface area contributed by atoms with E-state index in [2.05, 4.69) is 20.4 Å². The maximum atomic E-state index is 12.2. The predicted molar refractivity (Wildman–Crippen MR) is 105 cm³/mol. The van der Waals surface area contributed by atoms with Gasteiger partial charge in [-0.2, -0.15) is 0 Å². The van der Waals surface area contributed by atoms with E-state index in [0.717, 1.165) is 0 Å². The lowest BCUT2D eigenvalue weighted by Crippen LogP contribution is -2.15. The molecule has 2 amide bonds. The van der Waals surface area contributed by atoms with Crippen molar-refractivity contribution in [3.63, 3.8) is 0 Å². The lowest BCUT2D eigenvalue weighted by atomic mass is 10.2. The fourth-order valence-electron chi connectivity index (χ4n) is 2.19. The van der Waals surface area contributed by atoms with Gasteiger partial charge in [0, 0.05) is 11.1 Å². The SMILES string of the molecule is COC(=O)c1ccc(NC(=O)Cc2csc(NC(=O)c3cccs3)n2)cc1. The number of ether oxygens (including phenoxy) is 1. The highest BCUT2D eigenvalue weighted by Gasteiger charge is 2.12. The number of esters is 1. The third-order valence-corrected chi connectivity index (χ3v) is 5.12. The minimum absolute atomic E-state index is 0.0735. The van der Waals surface area contributed by atoms with Crippen molar-refractivity contribution in [1.82, 2.24) is 4.98 Å². The van der Waals surface area contributed by atoms with Crippen LogP contribution in [0.25, 0.3) is 0 Å². The molecule has 3 aromatic rings. The molecule has 2 heterocycles. The van der Waals surface area contributed by atoms with Gasteiger partial charge in [0.25, 0.3) is 5.91 Å². The normalized spacial score (nSPS) is 10.3. The number of anilines is 2. The molecule has 0 saturated heterocycles. The molecular weight excluding hydrogens is 386 g/mol. The van der Waals surface area contributed by atoms with E-state index in [-0.39, 0.29) is 18.2 Å². The largest absolute Gasteiger partial charge is 0.465 e. The number of benzene rings is 1. The molecule has 1 aromatic carbocycles. The zero-order chi connectivity index (χ0) is 19.2. The van der Waals surface area contributed by atoms with Gasteiger partial charge in [-0.05, 0) is 35.7 Å². The molecule has 2 N–H and O–H groups in total. The predicted octanol–water partition coefficient (Wildman–Crippen LogP) is 3.42. The van der Waals surface area contributed by atoms with Crippen LogP contribution in [-0.2, 0) is 16.0 Å². The molecular formula is C18H15N3O4S2. The molecule has 9 heteroatoms. The van der Waals surface area contributed by atoms with Gasteiger partial charge in [-0.1, -0.05) is 6.07 Å². The average Bonchev–Trinajstić information content (AvgIpc) is 3.34. The van der Waals surface area contributed by atoms with Crippen molar-refractivity contribution in [3.05, 3.63) is 63.3 Å². The van der Waals surface area contributed by atoms with E-state index < -0.39 is 5.97 Å². The van der Waals surface area contributed by atoms with E-state index in [4.69, 9.17) is 0 Å². The number of carbonyl (C=O) groups is 3. The first-order valence-electron chi connectivity index (χ1n) is 7.82. The van der Waals surface area contributed by atoms with Crippen molar-refractivity contribution >= 4 is 51.3 Å². The number of thiophene rings is 1. The van der Waals surface area contributed by atoms with Gasteiger partial charge in [0.15, 0.2) is 5.13 Å². The highest BCUT2D eigenvalue weighted by atomic mass is 32.1. The molecule has 138 valence electrons. The first-order chi connectivity index (χ1) is 13.0. The van der Waals surface area contributed by atoms with Crippen LogP contribution in [0.4, 0.5) is 10.8 Å². The molecule has 0 fully saturated rings. The number of rotatable bonds is 6. The van der Waals surface area contributed by atoms with E-state index in [0.29, 0.717) is 27.0 Å². The molecule has 3 rings (SSSR count). The third-order valence-electron chi connectivity index (χ3n) is 3.45. The summed E-state index contributed by atoms with van der Waals surface area (Å²) in [6.45, 7) is 0. The summed E-state index contributed by atoms with van der Waals surface area (Å²) < 4.78 is 4.63. The molecule has 0 aliphatic heterocycles. The number of nitrogens with zero attached hydrogens (tertiary/aromatic N) is 1. The Morgan fingerprint density at radius 1 is 1.07 bits per heavy atom. The van der Waals surface area contributed by atoms with Crippen LogP contribution in [0.5, 0.6) is 0 Å². The second-order valence-corrected chi connectivity index (χ2v) is 7.18. The molecule has 0 aliphatic rings. The van der Waals surface area contributed by atoms with Crippen LogP contribution in [0.3, 0.4) is 0 Å². The molecule has 27 heavy (non-hydrogen) atoms. The topological polar surface area (TPSA) is 97.4 Å². The standard InChI is InChI=1S/C18H15N3O4S2/c1-25-17(24)11-4-6-12(7-5-11)19-15(22)9-13-10-27-18(20-13)21-16(23)14-3-2-8-26-14/h2-8,10H,9H2,1H3,(H,19,22)(H,20,21,23). The van der Waals surface area contributed by atoms with Crippen molar-refractivity contribution in [2.24, 2.45) is 0 Å². The summed E-state index contributed by atoms with van der Waals surface area (Å²) in [5.41, 5.74) is 1.53. The van der Waals surface area contributed by atoms with E-state index in [1.807, 2.05) is 5.38 Å². The van der Waals surface area contributed by atoms with E-state index >= 15 is 0 Å². The van der Waals surface area contributed by atoms with Crippen LogP contribution < -0.4 is 10.6 Å². The Morgan fingerprint density at radius 3 is 2.52 bits per heavy atom. The first-order valence-corrected chi connectivity index (χ1v) is 9.58. The molecule has 0 aliphatic carbocycles. The zero-order valence-corrected chi connectivity index (χ0v) is 15.9. The molecule has 0 saturated carbocycles. The summed E-state index contributed by atoms with van der Waals surface area (Å²) in [4.78, 5) is 40.4. The Labute approximate surface area is 163 Å². The van der Waals surface area contributed by atoms with E-state index in [9.17, 15) is 14.4 Å². The second-order valence-electron chi connectivity index (χ2n) is 5.37. The summed E-state index contributed by atoms with van der Waals surface area (Å²) >= 11 is 2.61. The van der Waals surface area contributed by atoms with Crippen LogP contribution >= 0.6 is 22.7 Å². The highest BCUT2D eigenvalue weighted by molar-refractivity contribution is 7.14. The summed E-state index contributed by atoms with van der Waals surface area (Å²) in [6.07, 6.45) is 0.0735. The van der Waals surface area contributed by atoms with Crippen molar-refractivity contribution < 1.29 is 19.1 Å². The molecule has 2 aromatic heterocycles. The lowest BCUT2D eigenvalue weighted by Gasteiger charge is -2.05. The first kappa shape index (κ1) is 18.7. The molecule has 7 nitrogen and oxygen atoms in total. The lowest BCUT2D eigenvalue weighted by molar-refractivity contribution is -0.115. The van der Waals surface area contributed by atoms with Gasteiger partial charge in [0.1, 0.15) is 0 Å². The van der Waals surface area contributed by atoms with Crippen LogP contribution in [0.1, 0.15) is 25.7 Å². The fourth-order valence-corrected chi connectivity index (χ4v) is 3.51. The molecule has 0 bridgehead atoms. The number of methoxy groups -OCH3 is 1. The zero-order valence-electron chi connectivity index (χ0n) is 14.2. The Morgan fingerprint density at radius 2 is 1.85 bits per heavy atom. The van der Waals surface area contributed by atoms with E-state index in [1.54, 1.807) is 41.8 Å². The maximum absolute atomic E-state index is 12.2. The Bertz CT molecular complexity index is 949. The third kappa shape index (κ3) is 4.99.